The molecule has 0 saturated carbocycles. The van der Waals surface area contributed by atoms with Crippen LogP contribution < -0.4 is 5.32 Å². The summed E-state index contributed by atoms with van der Waals surface area (Å²) in [7, 11) is 0. The van der Waals surface area contributed by atoms with Gasteiger partial charge in [0.05, 0.1) is 5.56 Å². The van der Waals surface area contributed by atoms with Gasteiger partial charge in [-0.2, -0.15) is 0 Å². The summed E-state index contributed by atoms with van der Waals surface area (Å²) in [5, 5.41) is 2.90. The number of carbonyl (C=O) groups is 1. The molecule has 2 rings (SSSR count). The number of hydrogen-bond acceptors (Lipinski definition) is 2. The molecule has 116 valence electrons. The average Bonchev–Trinajstić information content (AvgIpc) is 2.37. The molecule has 1 aromatic rings. The molecular formula is C16H22BrFN2O. The van der Waals surface area contributed by atoms with E-state index in [1.165, 1.54) is 24.6 Å². The van der Waals surface area contributed by atoms with E-state index in [2.05, 4.69) is 40.0 Å². The van der Waals surface area contributed by atoms with Gasteiger partial charge in [-0.15, -0.1) is 0 Å². The molecule has 1 amide bonds. The molecule has 0 aliphatic carbocycles. The van der Waals surface area contributed by atoms with Crippen molar-refractivity contribution in [3.8, 4) is 0 Å². The highest BCUT2D eigenvalue weighted by atomic mass is 79.9. The second kappa shape index (κ2) is 7.36. The Balaban J connectivity index is 1.81. The van der Waals surface area contributed by atoms with E-state index in [9.17, 15) is 9.18 Å². The molecule has 0 radical (unpaired) electrons. The quantitative estimate of drug-likeness (QED) is 0.897. The van der Waals surface area contributed by atoms with E-state index in [0.717, 1.165) is 31.5 Å². The van der Waals surface area contributed by atoms with Crippen molar-refractivity contribution in [3.63, 3.8) is 0 Å². The van der Waals surface area contributed by atoms with E-state index >= 15 is 0 Å². The fraction of sp³-hybridized carbons (Fsp3) is 0.562. The molecule has 1 N–H and O–H groups in total. The zero-order chi connectivity index (χ0) is 15.4. The van der Waals surface area contributed by atoms with Gasteiger partial charge >= 0.3 is 0 Å². The van der Waals surface area contributed by atoms with Crippen LogP contribution in [0.4, 0.5) is 4.39 Å². The van der Waals surface area contributed by atoms with Gasteiger partial charge in [-0.1, -0.05) is 13.8 Å². The molecule has 1 aliphatic rings. The molecule has 2 atom stereocenters. The molecule has 0 spiro atoms. The zero-order valence-electron chi connectivity index (χ0n) is 12.5. The van der Waals surface area contributed by atoms with Gasteiger partial charge in [-0.3, -0.25) is 4.79 Å². The van der Waals surface area contributed by atoms with Crippen LogP contribution in [0.3, 0.4) is 0 Å². The first-order chi connectivity index (χ1) is 9.95. The van der Waals surface area contributed by atoms with Gasteiger partial charge in [0, 0.05) is 30.7 Å². The summed E-state index contributed by atoms with van der Waals surface area (Å²) >= 11 is 3.22. The van der Waals surface area contributed by atoms with Gasteiger partial charge in [0.2, 0.25) is 0 Å². The highest BCUT2D eigenvalue weighted by molar-refractivity contribution is 9.10. The summed E-state index contributed by atoms with van der Waals surface area (Å²) < 4.78 is 13.5. The number of nitrogens with zero attached hydrogens (tertiary/aromatic N) is 1. The Morgan fingerprint density at radius 2 is 2.05 bits per heavy atom. The van der Waals surface area contributed by atoms with E-state index < -0.39 is 0 Å². The summed E-state index contributed by atoms with van der Waals surface area (Å²) in [6.45, 7) is 8.22. The number of amides is 1. The van der Waals surface area contributed by atoms with Crippen LogP contribution in [0.15, 0.2) is 22.7 Å². The number of nitrogens with one attached hydrogen (secondary N) is 1. The van der Waals surface area contributed by atoms with Gasteiger partial charge in [0.25, 0.3) is 5.91 Å². The average molecular weight is 357 g/mol. The summed E-state index contributed by atoms with van der Waals surface area (Å²) in [6.07, 6.45) is 1.28. The molecule has 0 aromatic heterocycles. The fourth-order valence-electron chi connectivity index (χ4n) is 3.07. The van der Waals surface area contributed by atoms with E-state index in [4.69, 9.17) is 0 Å². The van der Waals surface area contributed by atoms with E-state index in [1.54, 1.807) is 0 Å². The second-order valence-corrected chi connectivity index (χ2v) is 6.94. The first-order valence-electron chi connectivity index (χ1n) is 7.41. The molecule has 0 bridgehead atoms. The first kappa shape index (κ1) is 16.4. The van der Waals surface area contributed by atoms with Crippen LogP contribution in [-0.2, 0) is 0 Å². The lowest BCUT2D eigenvalue weighted by atomic mass is 9.92. The van der Waals surface area contributed by atoms with Crippen molar-refractivity contribution in [3.05, 3.63) is 34.1 Å². The summed E-state index contributed by atoms with van der Waals surface area (Å²) in [5.41, 5.74) is 0.469. The van der Waals surface area contributed by atoms with Crippen molar-refractivity contribution in [1.82, 2.24) is 10.2 Å². The molecule has 5 heteroatoms. The third kappa shape index (κ3) is 4.78. The Kier molecular flexibility index (Phi) is 5.76. The monoisotopic (exact) mass is 356 g/mol. The molecule has 3 nitrogen and oxygen atoms in total. The Labute approximate surface area is 134 Å². The van der Waals surface area contributed by atoms with Crippen molar-refractivity contribution < 1.29 is 9.18 Å². The standard InChI is InChI=1S/C16H22BrFN2O/c1-11-7-12(2)10-20(9-11)6-5-19-16(21)14-4-3-13(18)8-15(14)17/h3-4,8,11-12H,5-7,9-10H2,1-2H3,(H,19,21)/t11-,12-/m1/s1. The fourth-order valence-corrected chi connectivity index (χ4v) is 3.60. The lowest BCUT2D eigenvalue weighted by Gasteiger charge is -2.34. The van der Waals surface area contributed by atoms with Crippen molar-refractivity contribution in [2.75, 3.05) is 26.2 Å². The van der Waals surface area contributed by atoms with Crippen LogP contribution in [0.2, 0.25) is 0 Å². The maximum atomic E-state index is 13.0. The van der Waals surface area contributed by atoms with Gasteiger partial charge in [0.15, 0.2) is 0 Å². The molecular weight excluding hydrogens is 335 g/mol. The van der Waals surface area contributed by atoms with Crippen LogP contribution in [0.25, 0.3) is 0 Å². The van der Waals surface area contributed by atoms with Crippen molar-refractivity contribution in [2.24, 2.45) is 11.8 Å². The molecule has 1 saturated heterocycles. The van der Waals surface area contributed by atoms with Crippen LogP contribution in [0.5, 0.6) is 0 Å². The zero-order valence-corrected chi connectivity index (χ0v) is 14.1. The number of rotatable bonds is 4. The van der Waals surface area contributed by atoms with E-state index in [-0.39, 0.29) is 11.7 Å². The Hall–Kier alpha value is -0.940. The molecule has 21 heavy (non-hydrogen) atoms. The number of piperidine rings is 1. The first-order valence-corrected chi connectivity index (χ1v) is 8.20. The summed E-state index contributed by atoms with van der Waals surface area (Å²) in [6, 6.07) is 4.11. The molecule has 1 aliphatic heterocycles. The van der Waals surface area contributed by atoms with Gasteiger partial charge in [-0.25, -0.2) is 4.39 Å². The number of halogens is 2. The Bertz CT molecular complexity index is 499. The lowest BCUT2D eigenvalue weighted by Crippen LogP contribution is -2.42. The molecule has 1 fully saturated rings. The third-order valence-corrected chi connectivity index (χ3v) is 4.49. The topological polar surface area (TPSA) is 32.3 Å². The van der Waals surface area contributed by atoms with Gasteiger partial charge < -0.3 is 10.2 Å². The van der Waals surface area contributed by atoms with Crippen molar-refractivity contribution in [1.29, 1.82) is 0 Å². The largest absolute Gasteiger partial charge is 0.351 e. The normalized spacial score (nSPS) is 23.0. The molecule has 1 aromatic carbocycles. The maximum Gasteiger partial charge on any atom is 0.252 e. The summed E-state index contributed by atoms with van der Waals surface area (Å²) in [5.74, 6) is 0.918. The minimum atomic E-state index is -0.352. The number of likely N-dealkylation sites (tertiary alicyclic amines) is 1. The number of hydrogen-bond donors (Lipinski definition) is 1. The minimum Gasteiger partial charge on any atom is -0.351 e. The van der Waals surface area contributed by atoms with E-state index in [1.807, 2.05) is 0 Å². The highest BCUT2D eigenvalue weighted by Gasteiger charge is 2.21. The van der Waals surface area contributed by atoms with Gasteiger partial charge in [0.1, 0.15) is 5.82 Å². The summed E-state index contributed by atoms with van der Waals surface area (Å²) in [4.78, 5) is 14.5. The highest BCUT2D eigenvalue weighted by Crippen LogP contribution is 2.20. The predicted octanol–water partition coefficient (Wildman–Crippen LogP) is 3.30. The predicted molar refractivity (Wildman–Crippen MR) is 85.8 cm³/mol. The van der Waals surface area contributed by atoms with Crippen LogP contribution in [-0.4, -0.2) is 37.0 Å². The van der Waals surface area contributed by atoms with Gasteiger partial charge in [-0.05, 0) is 52.4 Å². The van der Waals surface area contributed by atoms with Crippen LogP contribution in [0.1, 0.15) is 30.6 Å². The number of benzene rings is 1. The van der Waals surface area contributed by atoms with E-state index in [0.29, 0.717) is 16.6 Å². The maximum absolute atomic E-state index is 13.0. The minimum absolute atomic E-state index is 0.167. The van der Waals surface area contributed by atoms with Crippen molar-refractivity contribution >= 4 is 21.8 Å². The SMILES string of the molecule is C[C@@H]1C[C@@H](C)CN(CCNC(=O)c2ccc(F)cc2Br)C1. The van der Waals surface area contributed by atoms with Crippen molar-refractivity contribution in [2.45, 2.75) is 20.3 Å². The second-order valence-electron chi connectivity index (χ2n) is 6.09. The lowest BCUT2D eigenvalue weighted by molar-refractivity contribution is 0.0936. The smallest absolute Gasteiger partial charge is 0.252 e. The van der Waals surface area contributed by atoms with Crippen LogP contribution in [0, 0.1) is 17.7 Å². The molecule has 1 heterocycles. The third-order valence-electron chi connectivity index (χ3n) is 3.83. The van der Waals surface area contributed by atoms with Crippen LogP contribution >= 0.6 is 15.9 Å². The number of carbonyl (C=O) groups excluding carboxylic acids is 1. The Morgan fingerprint density at radius 3 is 2.67 bits per heavy atom. The molecule has 0 unspecified atom stereocenters. The Morgan fingerprint density at radius 1 is 1.38 bits per heavy atom.